The Labute approximate surface area is 170 Å². The molecule has 0 aromatic heterocycles. The molecule has 7 nitrogen and oxygen atoms in total. The number of carbonyl (C=O) groups excluding carboxylic acids is 2. The molecule has 150 valence electrons. The summed E-state index contributed by atoms with van der Waals surface area (Å²) in [7, 11) is 0. The Kier molecular flexibility index (Phi) is 4.39. The van der Waals surface area contributed by atoms with Gasteiger partial charge in [-0.05, 0) is 60.9 Å². The summed E-state index contributed by atoms with van der Waals surface area (Å²) in [6.07, 6.45) is 11.2. The fourth-order valence-electron chi connectivity index (χ4n) is 4.47. The lowest BCUT2D eigenvalue weighted by Gasteiger charge is -2.52. The molecule has 0 radical (unpaired) electrons. The van der Waals surface area contributed by atoms with Gasteiger partial charge in [0.2, 0.25) is 0 Å². The molecule has 0 unspecified atom stereocenters. The van der Waals surface area contributed by atoms with Gasteiger partial charge in [-0.1, -0.05) is 6.42 Å². The number of allylic oxidation sites excluding steroid dienone is 1. The second-order valence-corrected chi connectivity index (χ2v) is 8.21. The van der Waals surface area contributed by atoms with E-state index in [2.05, 4.69) is 16.0 Å². The summed E-state index contributed by atoms with van der Waals surface area (Å²) in [5.41, 5.74) is 3.60. The van der Waals surface area contributed by atoms with Gasteiger partial charge >= 0.3 is 6.03 Å². The van der Waals surface area contributed by atoms with Gasteiger partial charge in [-0.15, -0.1) is 0 Å². The van der Waals surface area contributed by atoms with Gasteiger partial charge in [-0.3, -0.25) is 9.69 Å². The number of benzene rings is 1. The van der Waals surface area contributed by atoms with Crippen molar-refractivity contribution in [3.63, 3.8) is 0 Å². The van der Waals surface area contributed by atoms with Crippen LogP contribution in [0.3, 0.4) is 0 Å². The molecule has 2 fully saturated rings. The largest absolute Gasteiger partial charge is 0.367 e. The standard InChI is InChI=1S/C22H25N5O2/c28-20(27-14-22(15-27)8-1-2-9-24-22)16-3-5-19(6-4-16)25-21(29)26-12-17-7-10-23-11-18(17)13-26/h3-7,10-12,23-24H,1-2,8-9,13-15H2,(H,25,29). The zero-order valence-electron chi connectivity index (χ0n) is 16.3. The first-order valence-electron chi connectivity index (χ1n) is 10.2. The van der Waals surface area contributed by atoms with E-state index in [1.54, 1.807) is 29.2 Å². The minimum atomic E-state index is -0.187. The van der Waals surface area contributed by atoms with Crippen molar-refractivity contribution >= 4 is 17.6 Å². The summed E-state index contributed by atoms with van der Waals surface area (Å²) in [5.74, 6) is 0.0560. The van der Waals surface area contributed by atoms with Crippen LogP contribution in [0.25, 0.3) is 0 Å². The van der Waals surface area contributed by atoms with E-state index in [0.29, 0.717) is 17.8 Å². The molecule has 1 aromatic carbocycles. The number of carbonyl (C=O) groups is 2. The Morgan fingerprint density at radius 2 is 1.93 bits per heavy atom. The number of hydrogen-bond acceptors (Lipinski definition) is 4. The summed E-state index contributed by atoms with van der Waals surface area (Å²) < 4.78 is 0. The van der Waals surface area contributed by atoms with Crippen LogP contribution in [-0.4, -0.2) is 53.5 Å². The van der Waals surface area contributed by atoms with E-state index in [1.165, 1.54) is 12.8 Å². The van der Waals surface area contributed by atoms with Crippen LogP contribution in [0.1, 0.15) is 29.6 Å². The van der Waals surface area contributed by atoms with Crippen LogP contribution in [0.15, 0.2) is 60.1 Å². The second kappa shape index (κ2) is 7.08. The highest BCUT2D eigenvalue weighted by Gasteiger charge is 2.45. The average molecular weight is 391 g/mol. The maximum atomic E-state index is 12.7. The van der Waals surface area contributed by atoms with Crippen molar-refractivity contribution in [1.82, 2.24) is 20.4 Å². The first-order valence-corrected chi connectivity index (χ1v) is 10.2. The van der Waals surface area contributed by atoms with Gasteiger partial charge in [0, 0.05) is 42.9 Å². The highest BCUT2D eigenvalue weighted by molar-refractivity contribution is 5.96. The molecule has 3 N–H and O–H groups in total. The molecule has 7 heteroatoms. The van der Waals surface area contributed by atoms with Gasteiger partial charge < -0.3 is 20.9 Å². The number of likely N-dealkylation sites (tertiary alicyclic amines) is 1. The molecule has 0 atom stereocenters. The number of dihydropyridines is 1. The van der Waals surface area contributed by atoms with Crippen molar-refractivity contribution in [2.24, 2.45) is 0 Å². The predicted octanol–water partition coefficient (Wildman–Crippen LogP) is 2.39. The number of fused-ring (bicyclic) bond motifs is 1. The van der Waals surface area contributed by atoms with E-state index in [1.807, 2.05) is 29.6 Å². The van der Waals surface area contributed by atoms with Gasteiger partial charge in [0.05, 0.1) is 12.1 Å². The zero-order valence-corrected chi connectivity index (χ0v) is 16.3. The van der Waals surface area contributed by atoms with E-state index >= 15 is 0 Å². The van der Waals surface area contributed by atoms with E-state index < -0.39 is 0 Å². The van der Waals surface area contributed by atoms with E-state index in [9.17, 15) is 9.59 Å². The van der Waals surface area contributed by atoms with Crippen LogP contribution in [0.4, 0.5) is 10.5 Å². The summed E-state index contributed by atoms with van der Waals surface area (Å²) >= 11 is 0. The van der Waals surface area contributed by atoms with E-state index in [4.69, 9.17) is 0 Å². The number of urea groups is 1. The molecule has 5 rings (SSSR count). The summed E-state index contributed by atoms with van der Waals surface area (Å²) in [4.78, 5) is 28.8. The highest BCUT2D eigenvalue weighted by atomic mass is 16.2. The maximum Gasteiger partial charge on any atom is 0.326 e. The number of anilines is 1. The number of amides is 3. The number of nitrogens with zero attached hydrogens (tertiary/aromatic N) is 2. The third-order valence-corrected chi connectivity index (χ3v) is 6.12. The van der Waals surface area contributed by atoms with Crippen molar-refractivity contribution in [1.29, 1.82) is 0 Å². The van der Waals surface area contributed by atoms with E-state index in [0.717, 1.165) is 37.2 Å². The Bertz CT molecular complexity index is 917. The van der Waals surface area contributed by atoms with Crippen molar-refractivity contribution in [2.75, 3.05) is 31.5 Å². The molecule has 0 aliphatic carbocycles. The fraction of sp³-hybridized carbons (Fsp3) is 0.364. The Balaban J connectivity index is 1.18. The van der Waals surface area contributed by atoms with Crippen molar-refractivity contribution < 1.29 is 9.59 Å². The van der Waals surface area contributed by atoms with Gasteiger partial charge in [-0.2, -0.15) is 0 Å². The van der Waals surface area contributed by atoms with Crippen molar-refractivity contribution in [3.05, 3.63) is 65.7 Å². The van der Waals surface area contributed by atoms with Crippen LogP contribution in [0.2, 0.25) is 0 Å². The smallest absolute Gasteiger partial charge is 0.326 e. The number of nitrogens with one attached hydrogen (secondary N) is 3. The molecule has 3 amide bonds. The monoisotopic (exact) mass is 391 g/mol. The summed E-state index contributed by atoms with van der Waals surface area (Å²) in [6.45, 7) is 3.16. The first kappa shape index (κ1) is 18.0. The molecular formula is C22H25N5O2. The molecular weight excluding hydrogens is 366 g/mol. The SMILES string of the molecule is O=C(Nc1ccc(C(=O)N2CC3(CCCCN3)C2)cc1)N1C=C2C=CNC=C2C1. The van der Waals surface area contributed by atoms with Crippen molar-refractivity contribution in [3.8, 4) is 0 Å². The molecule has 4 heterocycles. The molecule has 1 aromatic rings. The average Bonchev–Trinajstić information content (AvgIpc) is 3.17. The Morgan fingerprint density at radius 1 is 1.10 bits per heavy atom. The molecule has 29 heavy (non-hydrogen) atoms. The molecule has 0 bridgehead atoms. The molecule has 4 aliphatic heterocycles. The molecule has 1 spiro atoms. The van der Waals surface area contributed by atoms with Gasteiger partial charge in [0.25, 0.3) is 5.91 Å². The van der Waals surface area contributed by atoms with Crippen LogP contribution < -0.4 is 16.0 Å². The van der Waals surface area contributed by atoms with Crippen LogP contribution in [0, 0.1) is 0 Å². The van der Waals surface area contributed by atoms with Crippen LogP contribution >= 0.6 is 0 Å². The summed E-state index contributed by atoms with van der Waals surface area (Å²) in [6, 6.07) is 6.96. The lowest BCUT2D eigenvalue weighted by atomic mass is 9.81. The summed E-state index contributed by atoms with van der Waals surface area (Å²) in [5, 5.41) is 9.52. The lowest BCUT2D eigenvalue weighted by molar-refractivity contribution is 0.0190. The normalized spacial score (nSPS) is 21.7. The van der Waals surface area contributed by atoms with Crippen molar-refractivity contribution in [2.45, 2.75) is 24.8 Å². The van der Waals surface area contributed by atoms with Gasteiger partial charge in [0.15, 0.2) is 0 Å². The van der Waals surface area contributed by atoms with Gasteiger partial charge in [-0.25, -0.2) is 4.79 Å². The topological polar surface area (TPSA) is 76.7 Å². The minimum absolute atomic E-state index is 0.0560. The predicted molar refractivity (Wildman–Crippen MR) is 111 cm³/mol. The van der Waals surface area contributed by atoms with Crippen LogP contribution in [0.5, 0.6) is 0 Å². The first-order chi connectivity index (χ1) is 14.1. The second-order valence-electron chi connectivity index (χ2n) is 8.21. The van der Waals surface area contributed by atoms with Gasteiger partial charge in [0.1, 0.15) is 0 Å². The minimum Gasteiger partial charge on any atom is -0.367 e. The number of hydrogen-bond donors (Lipinski definition) is 3. The Morgan fingerprint density at radius 3 is 2.66 bits per heavy atom. The Hall–Kier alpha value is -3.06. The highest BCUT2D eigenvalue weighted by Crippen LogP contribution is 2.31. The quantitative estimate of drug-likeness (QED) is 0.724. The molecule has 4 aliphatic rings. The molecule has 0 saturated carbocycles. The number of piperidine rings is 1. The maximum absolute atomic E-state index is 12.7. The lowest BCUT2D eigenvalue weighted by Crippen LogP contribution is -2.71. The fourth-order valence-corrected chi connectivity index (χ4v) is 4.47. The third-order valence-electron chi connectivity index (χ3n) is 6.12. The third kappa shape index (κ3) is 3.42. The van der Waals surface area contributed by atoms with E-state index in [-0.39, 0.29) is 17.5 Å². The van der Waals surface area contributed by atoms with Crippen LogP contribution in [-0.2, 0) is 0 Å². The molecule has 2 saturated heterocycles. The number of rotatable bonds is 2. The zero-order chi connectivity index (χ0) is 19.8.